The predicted molar refractivity (Wildman–Crippen MR) is 79.4 cm³/mol. The van der Waals surface area contributed by atoms with Gasteiger partial charge in [-0.3, -0.25) is 4.40 Å². The van der Waals surface area contributed by atoms with Crippen LogP contribution in [0.2, 0.25) is 5.15 Å². The van der Waals surface area contributed by atoms with Crippen LogP contribution in [0.25, 0.3) is 5.65 Å². The Balaban J connectivity index is 2.62. The quantitative estimate of drug-likeness (QED) is 0.797. The first kappa shape index (κ1) is 15.0. The summed E-state index contributed by atoms with van der Waals surface area (Å²) in [6.07, 6.45) is 1.63. The maximum Gasteiger partial charge on any atom is 0.262 e. The molecule has 5 nitrogen and oxygen atoms in total. The average Bonchev–Trinajstić information content (AvgIpc) is 2.71. The molecule has 0 N–H and O–H groups in total. The van der Waals surface area contributed by atoms with E-state index in [1.807, 2.05) is 0 Å². The van der Waals surface area contributed by atoms with E-state index < -0.39 is 10.0 Å². The summed E-state index contributed by atoms with van der Waals surface area (Å²) in [4.78, 5) is 4.08. The monoisotopic (exact) mass is 313 g/mol. The van der Waals surface area contributed by atoms with Crippen LogP contribution in [0.15, 0.2) is 41.6 Å². The van der Waals surface area contributed by atoms with E-state index in [9.17, 15) is 8.42 Å². The van der Waals surface area contributed by atoms with Crippen LogP contribution in [0.4, 0.5) is 0 Å². The van der Waals surface area contributed by atoms with E-state index in [1.54, 1.807) is 38.2 Å². The minimum absolute atomic E-state index is 0.00198. The summed E-state index contributed by atoms with van der Waals surface area (Å²) < 4.78 is 28.3. The van der Waals surface area contributed by atoms with Crippen LogP contribution in [0.5, 0.6) is 0 Å². The molecule has 0 fully saturated rings. The minimum Gasteiger partial charge on any atom is -0.288 e. The summed E-state index contributed by atoms with van der Waals surface area (Å²) in [6.45, 7) is 7.92. The van der Waals surface area contributed by atoms with Gasteiger partial charge in [-0.25, -0.2) is 13.4 Å². The number of rotatable bonds is 5. The van der Waals surface area contributed by atoms with Gasteiger partial charge in [0, 0.05) is 19.3 Å². The molecule has 0 spiro atoms. The van der Waals surface area contributed by atoms with Crippen LogP contribution in [0.1, 0.15) is 13.8 Å². The summed E-state index contributed by atoms with van der Waals surface area (Å²) in [5.41, 5.74) is 1.27. The molecule has 0 atom stereocenters. The molecule has 7 heteroatoms. The lowest BCUT2D eigenvalue weighted by Gasteiger charge is -2.20. The summed E-state index contributed by atoms with van der Waals surface area (Å²) in [6, 6.07) is 5.22. The Morgan fingerprint density at radius 3 is 2.80 bits per heavy atom. The molecule has 0 bridgehead atoms. The van der Waals surface area contributed by atoms with E-state index in [0.717, 1.165) is 5.57 Å². The first-order valence-electron chi connectivity index (χ1n) is 6.15. The van der Waals surface area contributed by atoms with Crippen LogP contribution in [-0.4, -0.2) is 35.2 Å². The average molecular weight is 314 g/mol. The maximum atomic E-state index is 12.7. The van der Waals surface area contributed by atoms with Crippen molar-refractivity contribution < 1.29 is 8.42 Å². The second kappa shape index (κ2) is 5.55. The van der Waals surface area contributed by atoms with Gasteiger partial charge in [-0.15, -0.1) is 0 Å². The zero-order valence-corrected chi connectivity index (χ0v) is 12.9. The summed E-state index contributed by atoms with van der Waals surface area (Å²) in [5.74, 6) is 0. The standard InChI is InChI=1S/C13H16ClN3O2S/c1-4-16(9-10(2)3)20(18,19)13-12(14)15-11-7-5-6-8-17(11)13/h5-8H,2,4,9H2,1,3H3. The summed E-state index contributed by atoms with van der Waals surface area (Å²) in [5, 5.41) is -0.0192. The van der Waals surface area contributed by atoms with Crippen molar-refractivity contribution in [1.82, 2.24) is 13.7 Å². The highest BCUT2D eigenvalue weighted by Gasteiger charge is 2.29. The number of hydrogen-bond donors (Lipinski definition) is 0. The number of sulfonamides is 1. The van der Waals surface area contributed by atoms with Gasteiger partial charge in [-0.05, 0) is 19.1 Å². The second-order valence-corrected chi connectivity index (χ2v) is 6.74. The van der Waals surface area contributed by atoms with Crippen LogP contribution < -0.4 is 0 Å². The van der Waals surface area contributed by atoms with Gasteiger partial charge in [0.25, 0.3) is 10.0 Å². The summed E-state index contributed by atoms with van der Waals surface area (Å²) >= 11 is 6.03. The molecule has 2 aromatic rings. The molecule has 2 rings (SSSR count). The van der Waals surface area contributed by atoms with E-state index in [2.05, 4.69) is 11.6 Å². The van der Waals surface area contributed by atoms with Crippen molar-refractivity contribution in [2.45, 2.75) is 18.9 Å². The maximum absolute atomic E-state index is 12.7. The van der Waals surface area contributed by atoms with Gasteiger partial charge in [-0.2, -0.15) is 4.31 Å². The van der Waals surface area contributed by atoms with Crippen molar-refractivity contribution in [2.24, 2.45) is 0 Å². The number of nitrogens with zero attached hydrogens (tertiary/aromatic N) is 3. The smallest absolute Gasteiger partial charge is 0.262 e. The van der Waals surface area contributed by atoms with Crippen molar-refractivity contribution in [3.05, 3.63) is 41.7 Å². The minimum atomic E-state index is -3.72. The van der Waals surface area contributed by atoms with E-state index in [4.69, 9.17) is 11.6 Å². The van der Waals surface area contributed by atoms with Crippen LogP contribution in [0.3, 0.4) is 0 Å². The Hall–Kier alpha value is -1.37. The Bertz CT molecular complexity index is 752. The Morgan fingerprint density at radius 1 is 1.50 bits per heavy atom. The topological polar surface area (TPSA) is 54.7 Å². The zero-order chi connectivity index (χ0) is 14.9. The fourth-order valence-electron chi connectivity index (χ4n) is 1.97. The van der Waals surface area contributed by atoms with E-state index in [-0.39, 0.29) is 16.7 Å². The molecule has 2 aromatic heterocycles. The fourth-order valence-corrected chi connectivity index (χ4v) is 4.07. The number of likely N-dealkylation sites (N-methyl/N-ethyl adjacent to an activating group) is 1. The largest absolute Gasteiger partial charge is 0.288 e. The molecule has 0 saturated heterocycles. The Morgan fingerprint density at radius 2 is 2.20 bits per heavy atom. The lowest BCUT2D eigenvalue weighted by molar-refractivity contribution is 0.449. The Labute approximate surface area is 123 Å². The van der Waals surface area contributed by atoms with Crippen LogP contribution in [-0.2, 0) is 10.0 Å². The first-order valence-corrected chi connectivity index (χ1v) is 7.97. The van der Waals surface area contributed by atoms with Gasteiger partial charge in [0.15, 0.2) is 10.2 Å². The Kier molecular flexibility index (Phi) is 4.17. The molecule has 0 saturated carbocycles. The molecule has 0 amide bonds. The van der Waals surface area contributed by atoms with Gasteiger partial charge in [0.2, 0.25) is 0 Å². The van der Waals surface area contributed by atoms with Crippen LogP contribution >= 0.6 is 11.6 Å². The van der Waals surface area contributed by atoms with Crippen molar-refractivity contribution in [3.63, 3.8) is 0 Å². The predicted octanol–water partition coefficient (Wildman–Crippen LogP) is 2.57. The molecule has 2 heterocycles. The fraction of sp³-hybridized carbons (Fsp3) is 0.308. The molecule has 0 aliphatic heterocycles. The molecule has 0 aliphatic rings. The van der Waals surface area contributed by atoms with Gasteiger partial charge >= 0.3 is 0 Å². The number of aromatic nitrogens is 2. The highest BCUT2D eigenvalue weighted by molar-refractivity contribution is 7.89. The SMILES string of the molecule is C=C(C)CN(CC)S(=O)(=O)c1c(Cl)nc2ccccn12. The number of halogens is 1. The molecule has 20 heavy (non-hydrogen) atoms. The molecule has 0 aromatic carbocycles. The third-order valence-corrected chi connectivity index (χ3v) is 5.15. The lowest BCUT2D eigenvalue weighted by Crippen LogP contribution is -2.33. The van der Waals surface area contributed by atoms with Gasteiger partial charge in [0.05, 0.1) is 0 Å². The van der Waals surface area contributed by atoms with Gasteiger partial charge in [0.1, 0.15) is 5.65 Å². The third-order valence-electron chi connectivity index (χ3n) is 2.83. The first-order chi connectivity index (χ1) is 9.37. The molecule has 0 unspecified atom stereocenters. The normalized spacial score (nSPS) is 12.2. The molecule has 0 aliphatic carbocycles. The van der Waals surface area contributed by atoms with Crippen molar-refractivity contribution in [2.75, 3.05) is 13.1 Å². The molecule has 0 radical (unpaired) electrons. The number of pyridine rings is 1. The van der Waals surface area contributed by atoms with E-state index in [0.29, 0.717) is 12.2 Å². The second-order valence-electron chi connectivity index (χ2n) is 4.52. The van der Waals surface area contributed by atoms with E-state index >= 15 is 0 Å². The molecular formula is C13H16ClN3O2S. The number of fused-ring (bicyclic) bond motifs is 1. The van der Waals surface area contributed by atoms with Crippen molar-refractivity contribution >= 4 is 27.3 Å². The van der Waals surface area contributed by atoms with Crippen molar-refractivity contribution in [1.29, 1.82) is 0 Å². The van der Waals surface area contributed by atoms with Crippen LogP contribution in [0, 0.1) is 0 Å². The highest BCUT2D eigenvalue weighted by atomic mass is 35.5. The van der Waals surface area contributed by atoms with Gasteiger partial charge < -0.3 is 0 Å². The number of imidazole rings is 1. The highest BCUT2D eigenvalue weighted by Crippen LogP contribution is 2.25. The summed E-state index contributed by atoms with van der Waals surface area (Å²) in [7, 11) is -3.72. The van der Waals surface area contributed by atoms with Crippen molar-refractivity contribution in [3.8, 4) is 0 Å². The van der Waals surface area contributed by atoms with E-state index in [1.165, 1.54) is 8.71 Å². The molecule has 108 valence electrons. The molecular weight excluding hydrogens is 298 g/mol. The lowest BCUT2D eigenvalue weighted by atomic mass is 10.3. The number of hydrogen-bond acceptors (Lipinski definition) is 3. The zero-order valence-electron chi connectivity index (χ0n) is 11.4. The third kappa shape index (κ3) is 2.59. The van der Waals surface area contributed by atoms with Gasteiger partial charge in [-0.1, -0.05) is 36.7 Å².